The van der Waals surface area contributed by atoms with Crippen LogP contribution in [-0.2, 0) is 11.2 Å². The number of nitrogen functional groups attached to an aromatic ring is 1. The molecule has 0 radical (unpaired) electrons. The molecule has 172 valence electrons. The largest absolute Gasteiger partial charge is 0.508 e. The lowest BCUT2D eigenvalue weighted by Crippen LogP contribution is -2.26. The highest BCUT2D eigenvalue weighted by Gasteiger charge is 2.13. The number of aromatic hydroxyl groups is 1. The lowest BCUT2D eigenvalue weighted by molar-refractivity contribution is -0.118. The van der Waals surface area contributed by atoms with E-state index in [1.807, 2.05) is 54.6 Å². The molecule has 0 aliphatic rings. The summed E-state index contributed by atoms with van der Waals surface area (Å²) in [4.78, 5) is 20.3. The van der Waals surface area contributed by atoms with Crippen molar-refractivity contribution in [1.29, 1.82) is 0 Å². The third-order valence-corrected chi connectivity index (χ3v) is 5.00. The third-order valence-electron chi connectivity index (χ3n) is 5.00. The highest BCUT2D eigenvalue weighted by Crippen LogP contribution is 2.26. The number of benzene rings is 2. The lowest BCUT2D eigenvalue weighted by Gasteiger charge is -2.14. The summed E-state index contributed by atoms with van der Waals surface area (Å²) >= 11 is 0. The fraction of sp³-hybridized carbons (Fsp3) is 0.240. The summed E-state index contributed by atoms with van der Waals surface area (Å²) in [6, 6.07) is 16.4. The molecule has 0 saturated heterocycles. The van der Waals surface area contributed by atoms with E-state index in [0.29, 0.717) is 42.5 Å². The van der Waals surface area contributed by atoms with E-state index in [2.05, 4.69) is 20.6 Å². The van der Waals surface area contributed by atoms with Gasteiger partial charge in [0.1, 0.15) is 17.4 Å². The minimum atomic E-state index is -0.157. The van der Waals surface area contributed by atoms with Crippen LogP contribution in [0.3, 0.4) is 0 Å². The second kappa shape index (κ2) is 11.6. The van der Waals surface area contributed by atoms with E-state index < -0.39 is 0 Å². The fourth-order valence-electron chi connectivity index (χ4n) is 3.28. The van der Waals surface area contributed by atoms with Crippen molar-refractivity contribution in [2.75, 3.05) is 30.7 Å². The number of aliphatic hydroxyl groups excluding tert-OH is 1. The molecule has 1 heterocycles. The van der Waals surface area contributed by atoms with Crippen LogP contribution in [0.1, 0.15) is 18.1 Å². The Labute approximate surface area is 193 Å². The molecule has 0 fully saturated rings. The van der Waals surface area contributed by atoms with Gasteiger partial charge in [-0.2, -0.15) is 0 Å². The molecule has 1 aromatic heterocycles. The molecule has 8 heteroatoms. The predicted octanol–water partition coefficient (Wildman–Crippen LogP) is 2.84. The summed E-state index contributed by atoms with van der Waals surface area (Å²) in [5, 5.41) is 25.3. The summed E-state index contributed by atoms with van der Waals surface area (Å²) in [6.45, 7) is 2.31. The average Bonchev–Trinajstić information content (AvgIpc) is 2.82. The van der Waals surface area contributed by atoms with E-state index in [0.717, 1.165) is 11.1 Å². The quantitative estimate of drug-likeness (QED) is 0.302. The first kappa shape index (κ1) is 23.7. The van der Waals surface area contributed by atoms with Gasteiger partial charge in [0, 0.05) is 38.1 Å². The standard InChI is InChI=1S/C25H29N5O3/c1-17(32)27-13-14-28-25-22(23(26)29-24(30-25)20-5-3-2-4-6-20)12-9-19(16-31)15-18-7-10-21(33)11-8-18/h2-12,19,31,33H,13-16H2,1H3,(H,27,32)(H3,26,28,29,30)/b12-9+. The molecule has 3 aromatic rings. The summed E-state index contributed by atoms with van der Waals surface area (Å²) in [6.07, 6.45) is 4.29. The van der Waals surface area contributed by atoms with E-state index in [4.69, 9.17) is 5.73 Å². The van der Waals surface area contributed by atoms with Crippen molar-refractivity contribution in [2.24, 2.45) is 5.92 Å². The molecule has 0 saturated carbocycles. The molecule has 1 atom stereocenters. The molecule has 0 aliphatic heterocycles. The van der Waals surface area contributed by atoms with E-state index in [1.165, 1.54) is 6.92 Å². The maximum atomic E-state index is 11.2. The van der Waals surface area contributed by atoms with Gasteiger partial charge in [0.05, 0.1) is 5.56 Å². The Kier molecular flexibility index (Phi) is 8.37. The number of aliphatic hydroxyl groups is 1. The number of carbonyl (C=O) groups excluding carboxylic acids is 1. The first-order valence-electron chi connectivity index (χ1n) is 10.7. The second-order valence-electron chi connectivity index (χ2n) is 7.64. The van der Waals surface area contributed by atoms with E-state index in [9.17, 15) is 15.0 Å². The van der Waals surface area contributed by atoms with E-state index >= 15 is 0 Å². The van der Waals surface area contributed by atoms with Gasteiger partial charge in [-0.3, -0.25) is 4.79 Å². The minimum absolute atomic E-state index is 0.0501. The van der Waals surface area contributed by atoms with Crippen LogP contribution in [0.25, 0.3) is 17.5 Å². The van der Waals surface area contributed by atoms with Gasteiger partial charge in [-0.25, -0.2) is 9.97 Å². The molecule has 1 amide bonds. The van der Waals surface area contributed by atoms with Gasteiger partial charge in [0.2, 0.25) is 5.91 Å². The van der Waals surface area contributed by atoms with Gasteiger partial charge >= 0.3 is 0 Å². The number of phenols is 1. The Morgan fingerprint density at radius 2 is 1.82 bits per heavy atom. The van der Waals surface area contributed by atoms with Crippen LogP contribution in [0.15, 0.2) is 60.7 Å². The molecular formula is C25H29N5O3. The van der Waals surface area contributed by atoms with Gasteiger partial charge in [0.15, 0.2) is 5.82 Å². The number of phenolic OH excluding ortho intramolecular Hbond substituents is 1. The van der Waals surface area contributed by atoms with Gasteiger partial charge < -0.3 is 26.6 Å². The number of nitrogens with zero attached hydrogens (tertiary/aromatic N) is 2. The number of rotatable bonds is 10. The third kappa shape index (κ3) is 7.05. The molecule has 33 heavy (non-hydrogen) atoms. The number of carbonyl (C=O) groups is 1. The molecule has 0 spiro atoms. The highest BCUT2D eigenvalue weighted by molar-refractivity contribution is 5.75. The smallest absolute Gasteiger partial charge is 0.216 e. The van der Waals surface area contributed by atoms with Crippen molar-refractivity contribution in [3.05, 3.63) is 71.8 Å². The Bertz CT molecular complexity index is 1090. The molecule has 0 bridgehead atoms. The zero-order chi connectivity index (χ0) is 23.6. The summed E-state index contributed by atoms with van der Waals surface area (Å²) < 4.78 is 0. The van der Waals surface area contributed by atoms with Crippen molar-refractivity contribution in [2.45, 2.75) is 13.3 Å². The van der Waals surface area contributed by atoms with Gasteiger partial charge in [-0.1, -0.05) is 54.6 Å². The maximum Gasteiger partial charge on any atom is 0.216 e. The Morgan fingerprint density at radius 3 is 2.48 bits per heavy atom. The Hall–Kier alpha value is -3.91. The number of anilines is 2. The van der Waals surface area contributed by atoms with Crippen LogP contribution in [-0.4, -0.2) is 45.8 Å². The van der Waals surface area contributed by atoms with E-state index in [-0.39, 0.29) is 24.2 Å². The SMILES string of the molecule is CC(=O)NCCNc1nc(-c2ccccc2)nc(N)c1/C=C/C(CO)Cc1ccc(O)cc1. The topological polar surface area (TPSA) is 133 Å². The molecule has 6 N–H and O–H groups in total. The second-order valence-corrected chi connectivity index (χ2v) is 7.64. The van der Waals surface area contributed by atoms with Gasteiger partial charge in [-0.15, -0.1) is 0 Å². The zero-order valence-corrected chi connectivity index (χ0v) is 18.5. The monoisotopic (exact) mass is 447 g/mol. The predicted molar refractivity (Wildman–Crippen MR) is 130 cm³/mol. The number of hydrogen-bond donors (Lipinski definition) is 5. The molecule has 0 aliphatic carbocycles. The molecular weight excluding hydrogens is 418 g/mol. The van der Waals surface area contributed by atoms with Crippen LogP contribution < -0.4 is 16.4 Å². The zero-order valence-electron chi connectivity index (χ0n) is 18.5. The first-order valence-corrected chi connectivity index (χ1v) is 10.7. The average molecular weight is 448 g/mol. The maximum absolute atomic E-state index is 11.2. The van der Waals surface area contributed by atoms with Crippen LogP contribution >= 0.6 is 0 Å². The van der Waals surface area contributed by atoms with Crippen molar-refractivity contribution in [1.82, 2.24) is 15.3 Å². The lowest BCUT2D eigenvalue weighted by atomic mass is 9.98. The van der Waals surface area contributed by atoms with Crippen LogP contribution in [0.5, 0.6) is 5.75 Å². The van der Waals surface area contributed by atoms with Gasteiger partial charge in [0.25, 0.3) is 0 Å². The number of amides is 1. The summed E-state index contributed by atoms with van der Waals surface area (Å²) in [7, 11) is 0. The van der Waals surface area contributed by atoms with Crippen LogP contribution in [0, 0.1) is 5.92 Å². The van der Waals surface area contributed by atoms with Crippen molar-refractivity contribution in [3.8, 4) is 17.1 Å². The number of nitrogens with one attached hydrogen (secondary N) is 2. The van der Waals surface area contributed by atoms with Crippen LogP contribution in [0.2, 0.25) is 0 Å². The first-order chi connectivity index (χ1) is 16.0. The van der Waals surface area contributed by atoms with Gasteiger partial charge in [-0.05, 0) is 24.1 Å². The van der Waals surface area contributed by atoms with E-state index in [1.54, 1.807) is 12.1 Å². The molecule has 3 rings (SSSR count). The highest BCUT2D eigenvalue weighted by atomic mass is 16.3. The number of nitrogens with two attached hydrogens (primary N) is 1. The normalized spacial score (nSPS) is 11.9. The van der Waals surface area contributed by atoms with Crippen molar-refractivity contribution in [3.63, 3.8) is 0 Å². The number of aromatic nitrogens is 2. The summed E-state index contributed by atoms with van der Waals surface area (Å²) in [5.41, 5.74) is 8.75. The minimum Gasteiger partial charge on any atom is -0.508 e. The molecule has 8 nitrogen and oxygen atoms in total. The van der Waals surface area contributed by atoms with Crippen LogP contribution in [0.4, 0.5) is 11.6 Å². The molecule has 2 aromatic carbocycles. The molecule has 1 unspecified atom stereocenters. The fourth-order valence-corrected chi connectivity index (χ4v) is 3.28. The van der Waals surface area contributed by atoms with Crippen molar-refractivity contribution < 1.29 is 15.0 Å². The Morgan fingerprint density at radius 1 is 1.09 bits per heavy atom. The van der Waals surface area contributed by atoms with Crippen molar-refractivity contribution >= 4 is 23.6 Å². The number of hydrogen-bond acceptors (Lipinski definition) is 7. The summed E-state index contributed by atoms with van der Waals surface area (Å²) in [5.74, 6) is 1.29. The Balaban J connectivity index is 1.85.